The van der Waals surface area contributed by atoms with E-state index in [0.29, 0.717) is 29.2 Å². The van der Waals surface area contributed by atoms with Crippen LogP contribution in [0.4, 0.5) is 5.69 Å². The van der Waals surface area contributed by atoms with Crippen molar-refractivity contribution in [1.82, 2.24) is 0 Å². The molecule has 1 atom stereocenters. The van der Waals surface area contributed by atoms with E-state index in [1.165, 1.54) is 0 Å². The van der Waals surface area contributed by atoms with Crippen LogP contribution >= 0.6 is 0 Å². The summed E-state index contributed by atoms with van der Waals surface area (Å²) >= 11 is 0. The lowest BCUT2D eigenvalue weighted by Crippen LogP contribution is -2.34. The van der Waals surface area contributed by atoms with Gasteiger partial charge in [-0.25, -0.2) is 4.79 Å². The minimum absolute atomic E-state index is 0.117. The first-order valence-corrected chi connectivity index (χ1v) is 11.2. The standard InChI is InChI=1S/C28H29NO5/c1-4-33-24-14-12-23(13-15-24)29-25(17-26(30)21-8-6-5-7-9-21)28(32)34-18-27(31)22-11-10-19(2)20(3)16-22/h5-16,25,29H,4,17-18H2,1-3H3. The summed E-state index contributed by atoms with van der Waals surface area (Å²) in [5.74, 6) is -0.478. The normalized spacial score (nSPS) is 11.4. The summed E-state index contributed by atoms with van der Waals surface area (Å²) in [6, 6.07) is 20.2. The Balaban J connectivity index is 1.71. The molecule has 176 valence electrons. The summed E-state index contributed by atoms with van der Waals surface area (Å²) in [5, 5.41) is 3.07. The third-order valence-electron chi connectivity index (χ3n) is 5.45. The first-order valence-electron chi connectivity index (χ1n) is 11.2. The molecule has 0 radical (unpaired) electrons. The Morgan fingerprint density at radius 2 is 1.53 bits per heavy atom. The smallest absolute Gasteiger partial charge is 0.329 e. The van der Waals surface area contributed by atoms with Crippen LogP contribution in [-0.2, 0) is 9.53 Å². The Kier molecular flexibility index (Phi) is 8.57. The highest BCUT2D eigenvalue weighted by molar-refractivity contribution is 6.01. The first-order chi connectivity index (χ1) is 16.4. The summed E-state index contributed by atoms with van der Waals surface area (Å²) in [7, 11) is 0. The Hall–Kier alpha value is -3.93. The second-order valence-electron chi connectivity index (χ2n) is 7.98. The lowest BCUT2D eigenvalue weighted by Gasteiger charge is -2.18. The summed E-state index contributed by atoms with van der Waals surface area (Å²) in [6.07, 6.45) is -0.117. The summed E-state index contributed by atoms with van der Waals surface area (Å²) < 4.78 is 10.8. The quantitative estimate of drug-likeness (QED) is 0.314. The number of nitrogens with one attached hydrogen (secondary N) is 1. The lowest BCUT2D eigenvalue weighted by molar-refractivity contribution is -0.143. The van der Waals surface area contributed by atoms with Crippen LogP contribution in [0.2, 0.25) is 0 Å². The molecular weight excluding hydrogens is 430 g/mol. The fourth-order valence-corrected chi connectivity index (χ4v) is 3.37. The second kappa shape index (κ2) is 11.8. The third kappa shape index (κ3) is 6.78. The molecule has 0 saturated carbocycles. The highest BCUT2D eigenvalue weighted by Gasteiger charge is 2.25. The second-order valence-corrected chi connectivity index (χ2v) is 7.98. The van der Waals surface area contributed by atoms with Crippen molar-refractivity contribution in [2.45, 2.75) is 33.2 Å². The van der Waals surface area contributed by atoms with Crippen LogP contribution in [0.15, 0.2) is 72.8 Å². The molecule has 1 N–H and O–H groups in total. The van der Waals surface area contributed by atoms with Gasteiger partial charge in [0.15, 0.2) is 18.2 Å². The minimum Gasteiger partial charge on any atom is -0.494 e. The molecule has 0 aliphatic heterocycles. The van der Waals surface area contributed by atoms with Crippen molar-refractivity contribution < 1.29 is 23.9 Å². The molecule has 3 aromatic carbocycles. The van der Waals surface area contributed by atoms with Crippen molar-refractivity contribution >= 4 is 23.2 Å². The molecule has 3 rings (SSSR count). The van der Waals surface area contributed by atoms with Crippen molar-refractivity contribution in [3.05, 3.63) is 95.1 Å². The van der Waals surface area contributed by atoms with E-state index in [0.717, 1.165) is 11.1 Å². The van der Waals surface area contributed by atoms with Crippen LogP contribution in [-0.4, -0.2) is 36.8 Å². The first kappa shape index (κ1) is 24.7. The van der Waals surface area contributed by atoms with Crippen LogP contribution in [0.1, 0.15) is 45.2 Å². The van der Waals surface area contributed by atoms with Crippen molar-refractivity contribution in [1.29, 1.82) is 0 Å². The van der Waals surface area contributed by atoms with Crippen molar-refractivity contribution in [3.63, 3.8) is 0 Å². The molecule has 0 saturated heterocycles. The van der Waals surface area contributed by atoms with Crippen LogP contribution in [0, 0.1) is 13.8 Å². The predicted octanol–water partition coefficient (Wildman–Crippen LogP) is 5.18. The van der Waals surface area contributed by atoms with Crippen LogP contribution in [0.25, 0.3) is 0 Å². The van der Waals surface area contributed by atoms with Crippen molar-refractivity contribution in [3.8, 4) is 5.75 Å². The molecule has 0 aliphatic rings. The number of ketones is 2. The van der Waals surface area contributed by atoms with Gasteiger partial charge in [0.05, 0.1) is 6.61 Å². The predicted molar refractivity (Wildman–Crippen MR) is 132 cm³/mol. The van der Waals surface area contributed by atoms with Gasteiger partial charge in [-0.2, -0.15) is 0 Å². The monoisotopic (exact) mass is 459 g/mol. The van der Waals surface area contributed by atoms with E-state index in [4.69, 9.17) is 9.47 Å². The molecule has 0 bridgehead atoms. The van der Waals surface area contributed by atoms with E-state index < -0.39 is 18.6 Å². The molecule has 1 unspecified atom stereocenters. The van der Waals surface area contributed by atoms with Crippen LogP contribution < -0.4 is 10.1 Å². The Morgan fingerprint density at radius 3 is 2.18 bits per heavy atom. The number of benzene rings is 3. The number of carbonyl (C=O) groups excluding carboxylic acids is 3. The number of rotatable bonds is 11. The third-order valence-corrected chi connectivity index (χ3v) is 5.45. The van der Waals surface area contributed by atoms with Gasteiger partial charge in [0.2, 0.25) is 0 Å². The molecule has 0 fully saturated rings. The molecule has 0 amide bonds. The van der Waals surface area contributed by atoms with E-state index in [9.17, 15) is 14.4 Å². The maximum Gasteiger partial charge on any atom is 0.329 e. The fraction of sp³-hybridized carbons (Fsp3) is 0.250. The van der Waals surface area contributed by atoms with Crippen LogP contribution in [0.5, 0.6) is 5.75 Å². The maximum absolute atomic E-state index is 12.9. The highest BCUT2D eigenvalue weighted by atomic mass is 16.5. The van der Waals surface area contributed by atoms with Crippen molar-refractivity contribution in [2.75, 3.05) is 18.5 Å². The molecule has 6 nitrogen and oxygen atoms in total. The van der Waals surface area contributed by atoms with Crippen molar-refractivity contribution in [2.24, 2.45) is 0 Å². The zero-order valence-electron chi connectivity index (χ0n) is 19.7. The fourth-order valence-electron chi connectivity index (χ4n) is 3.37. The highest BCUT2D eigenvalue weighted by Crippen LogP contribution is 2.19. The minimum atomic E-state index is -0.960. The van der Waals surface area contributed by atoms with Gasteiger partial charge in [-0.1, -0.05) is 42.5 Å². The molecule has 34 heavy (non-hydrogen) atoms. The van der Waals surface area contributed by atoms with E-state index in [1.807, 2.05) is 32.9 Å². The van der Waals surface area contributed by atoms with Gasteiger partial charge in [-0.15, -0.1) is 0 Å². The van der Waals surface area contributed by atoms with E-state index >= 15 is 0 Å². The number of Topliss-reactive ketones (excluding diaryl/α,β-unsaturated/α-hetero) is 2. The van der Waals surface area contributed by atoms with Gasteiger partial charge in [0.25, 0.3) is 0 Å². The largest absolute Gasteiger partial charge is 0.494 e. The summed E-state index contributed by atoms with van der Waals surface area (Å²) in [6.45, 7) is 5.92. The topological polar surface area (TPSA) is 81.7 Å². The zero-order chi connectivity index (χ0) is 24.5. The average Bonchev–Trinajstić information content (AvgIpc) is 2.85. The van der Waals surface area contributed by atoms with Gasteiger partial charge >= 0.3 is 5.97 Å². The molecule has 6 heteroatoms. The van der Waals surface area contributed by atoms with E-state index in [2.05, 4.69) is 5.32 Å². The average molecular weight is 460 g/mol. The van der Waals surface area contributed by atoms with Gasteiger partial charge in [-0.05, 0) is 62.2 Å². The number of aryl methyl sites for hydroxylation is 2. The Labute approximate surface area is 199 Å². The van der Waals surface area contributed by atoms with Gasteiger partial charge in [0.1, 0.15) is 11.8 Å². The number of ether oxygens (including phenoxy) is 2. The number of anilines is 1. The summed E-state index contributed by atoms with van der Waals surface area (Å²) in [5.41, 5.74) is 3.67. The number of hydrogen-bond acceptors (Lipinski definition) is 6. The molecular formula is C28H29NO5. The van der Waals surface area contributed by atoms with E-state index in [1.54, 1.807) is 60.7 Å². The van der Waals surface area contributed by atoms with Gasteiger partial charge in [-0.3, -0.25) is 9.59 Å². The molecule has 0 spiro atoms. The number of esters is 1. The molecule has 0 aliphatic carbocycles. The number of hydrogen-bond donors (Lipinski definition) is 1. The molecule has 0 aromatic heterocycles. The SMILES string of the molecule is CCOc1ccc(NC(CC(=O)c2ccccc2)C(=O)OCC(=O)c2ccc(C)c(C)c2)cc1. The van der Waals surface area contributed by atoms with Gasteiger partial charge < -0.3 is 14.8 Å². The zero-order valence-corrected chi connectivity index (χ0v) is 19.7. The van der Waals surface area contributed by atoms with E-state index in [-0.39, 0.29) is 18.0 Å². The van der Waals surface area contributed by atoms with Gasteiger partial charge in [0, 0.05) is 23.2 Å². The van der Waals surface area contributed by atoms with Crippen LogP contribution in [0.3, 0.4) is 0 Å². The number of carbonyl (C=O) groups is 3. The maximum atomic E-state index is 12.9. The lowest BCUT2D eigenvalue weighted by atomic mass is 10.0. The Bertz CT molecular complexity index is 1140. The molecule has 0 heterocycles. The molecule has 3 aromatic rings. The summed E-state index contributed by atoms with van der Waals surface area (Å²) in [4.78, 5) is 38.3. The Morgan fingerprint density at radius 1 is 0.824 bits per heavy atom.